The van der Waals surface area contributed by atoms with Crippen LogP contribution in [0, 0.1) is 11.3 Å². The first-order valence-electron chi connectivity index (χ1n) is 4.63. The standard InChI is InChI=1S/C9H12ClN5/c10-7-6-8(15-9(12)14-7)13-5-3-1-2-4-11/h6H,1-3,5H2,(H3,12,13,14,15). The minimum atomic E-state index is 0.155. The molecule has 0 saturated carbocycles. The fourth-order valence-corrected chi connectivity index (χ4v) is 1.26. The number of anilines is 2. The van der Waals surface area contributed by atoms with E-state index >= 15 is 0 Å². The summed E-state index contributed by atoms with van der Waals surface area (Å²) in [5, 5.41) is 11.7. The molecule has 0 unspecified atom stereocenters. The SMILES string of the molecule is N#CCCCCNc1cc(Cl)nc(N)n1. The van der Waals surface area contributed by atoms with Gasteiger partial charge in [0, 0.05) is 19.0 Å². The summed E-state index contributed by atoms with van der Waals surface area (Å²) in [5.74, 6) is 0.770. The molecule has 0 aliphatic carbocycles. The quantitative estimate of drug-likeness (QED) is 0.590. The van der Waals surface area contributed by atoms with Crippen LogP contribution < -0.4 is 11.1 Å². The molecular weight excluding hydrogens is 214 g/mol. The van der Waals surface area contributed by atoms with Crippen LogP contribution in [0.5, 0.6) is 0 Å². The molecule has 0 aliphatic rings. The first kappa shape index (κ1) is 11.5. The second-order valence-corrected chi connectivity index (χ2v) is 3.36. The van der Waals surface area contributed by atoms with Crippen molar-refractivity contribution in [2.24, 2.45) is 0 Å². The lowest BCUT2D eigenvalue weighted by molar-refractivity contribution is 0.782. The number of nitrogens with zero attached hydrogens (tertiary/aromatic N) is 3. The normalized spacial score (nSPS) is 9.60. The third-order valence-electron chi connectivity index (χ3n) is 1.73. The molecule has 1 heterocycles. The summed E-state index contributed by atoms with van der Waals surface area (Å²) >= 11 is 5.70. The first-order valence-corrected chi connectivity index (χ1v) is 5.01. The molecule has 6 heteroatoms. The smallest absolute Gasteiger partial charge is 0.223 e. The summed E-state index contributed by atoms with van der Waals surface area (Å²) in [6.45, 7) is 0.745. The minimum Gasteiger partial charge on any atom is -0.370 e. The average molecular weight is 226 g/mol. The Labute approximate surface area is 93.3 Å². The van der Waals surface area contributed by atoms with Gasteiger partial charge in [0.15, 0.2) is 0 Å². The Morgan fingerprint density at radius 3 is 2.93 bits per heavy atom. The molecule has 0 atom stereocenters. The summed E-state index contributed by atoms with van der Waals surface area (Å²) < 4.78 is 0. The number of unbranched alkanes of at least 4 members (excludes halogenated alkanes) is 2. The molecule has 0 radical (unpaired) electrons. The Balaban J connectivity index is 2.34. The molecule has 1 rings (SSSR count). The van der Waals surface area contributed by atoms with E-state index < -0.39 is 0 Å². The van der Waals surface area contributed by atoms with Crippen molar-refractivity contribution in [3.05, 3.63) is 11.2 Å². The number of rotatable bonds is 5. The zero-order chi connectivity index (χ0) is 11.1. The fourth-order valence-electron chi connectivity index (χ4n) is 1.07. The number of nitrogens with one attached hydrogen (secondary N) is 1. The van der Waals surface area contributed by atoms with Gasteiger partial charge < -0.3 is 11.1 Å². The number of hydrogen-bond donors (Lipinski definition) is 2. The molecule has 0 aliphatic heterocycles. The van der Waals surface area contributed by atoms with Crippen LogP contribution in [0.3, 0.4) is 0 Å². The van der Waals surface area contributed by atoms with Crippen LogP contribution in [-0.2, 0) is 0 Å². The minimum absolute atomic E-state index is 0.155. The predicted molar refractivity (Wildman–Crippen MR) is 59.4 cm³/mol. The second-order valence-electron chi connectivity index (χ2n) is 2.98. The average Bonchev–Trinajstić information content (AvgIpc) is 2.16. The number of aromatic nitrogens is 2. The van der Waals surface area contributed by atoms with E-state index in [2.05, 4.69) is 21.4 Å². The highest BCUT2D eigenvalue weighted by molar-refractivity contribution is 6.29. The van der Waals surface area contributed by atoms with Crippen LogP contribution in [0.25, 0.3) is 0 Å². The van der Waals surface area contributed by atoms with Crippen molar-refractivity contribution in [1.82, 2.24) is 9.97 Å². The van der Waals surface area contributed by atoms with Crippen molar-refractivity contribution in [1.29, 1.82) is 5.26 Å². The van der Waals surface area contributed by atoms with Crippen LogP contribution >= 0.6 is 11.6 Å². The van der Waals surface area contributed by atoms with Gasteiger partial charge >= 0.3 is 0 Å². The number of nitriles is 1. The Morgan fingerprint density at radius 2 is 2.27 bits per heavy atom. The maximum Gasteiger partial charge on any atom is 0.223 e. The van der Waals surface area contributed by atoms with Crippen molar-refractivity contribution in [3.63, 3.8) is 0 Å². The molecular formula is C9H12ClN5. The van der Waals surface area contributed by atoms with Gasteiger partial charge in [-0.3, -0.25) is 0 Å². The Morgan fingerprint density at radius 1 is 1.47 bits per heavy atom. The van der Waals surface area contributed by atoms with Crippen LogP contribution in [0.15, 0.2) is 6.07 Å². The molecule has 1 aromatic heterocycles. The molecule has 0 bridgehead atoms. The number of nitrogen functional groups attached to an aromatic ring is 1. The van der Waals surface area contributed by atoms with Gasteiger partial charge in [-0.05, 0) is 12.8 Å². The molecule has 0 amide bonds. The predicted octanol–water partition coefficient (Wildman–Crippen LogP) is 1.82. The van der Waals surface area contributed by atoms with E-state index in [1.165, 1.54) is 0 Å². The highest BCUT2D eigenvalue weighted by Crippen LogP contribution is 2.12. The lowest BCUT2D eigenvalue weighted by Gasteiger charge is -2.05. The van der Waals surface area contributed by atoms with Gasteiger partial charge in [0.2, 0.25) is 5.95 Å². The maximum absolute atomic E-state index is 8.33. The highest BCUT2D eigenvalue weighted by atomic mass is 35.5. The van der Waals surface area contributed by atoms with E-state index in [1.807, 2.05) is 0 Å². The summed E-state index contributed by atoms with van der Waals surface area (Å²) in [5.41, 5.74) is 5.42. The topological polar surface area (TPSA) is 87.6 Å². The Hall–Kier alpha value is -1.54. The number of hydrogen-bond acceptors (Lipinski definition) is 5. The van der Waals surface area contributed by atoms with E-state index in [0.29, 0.717) is 17.4 Å². The molecule has 1 aromatic rings. The van der Waals surface area contributed by atoms with Gasteiger partial charge in [-0.25, -0.2) is 4.98 Å². The molecule has 0 saturated heterocycles. The van der Waals surface area contributed by atoms with E-state index in [0.717, 1.165) is 19.4 Å². The fraction of sp³-hybridized carbons (Fsp3) is 0.444. The second kappa shape index (κ2) is 6.04. The van der Waals surface area contributed by atoms with Crippen molar-refractivity contribution < 1.29 is 0 Å². The Kier molecular flexibility index (Phi) is 4.64. The third-order valence-corrected chi connectivity index (χ3v) is 1.93. The van der Waals surface area contributed by atoms with Crippen molar-refractivity contribution in [2.45, 2.75) is 19.3 Å². The van der Waals surface area contributed by atoms with E-state index in [1.54, 1.807) is 6.07 Å². The number of nitrogens with two attached hydrogens (primary N) is 1. The van der Waals surface area contributed by atoms with E-state index in [4.69, 9.17) is 22.6 Å². The number of halogens is 1. The van der Waals surface area contributed by atoms with Crippen molar-refractivity contribution >= 4 is 23.4 Å². The zero-order valence-corrected chi connectivity index (χ0v) is 8.96. The molecule has 5 nitrogen and oxygen atoms in total. The van der Waals surface area contributed by atoms with Crippen molar-refractivity contribution in [3.8, 4) is 6.07 Å². The van der Waals surface area contributed by atoms with Crippen molar-refractivity contribution in [2.75, 3.05) is 17.6 Å². The van der Waals surface area contributed by atoms with Gasteiger partial charge in [0.1, 0.15) is 11.0 Å². The van der Waals surface area contributed by atoms with Crippen LogP contribution in [-0.4, -0.2) is 16.5 Å². The van der Waals surface area contributed by atoms with E-state index in [9.17, 15) is 0 Å². The molecule has 0 fully saturated rings. The Bertz CT molecular complexity index is 340. The van der Waals surface area contributed by atoms with Gasteiger partial charge in [-0.1, -0.05) is 11.6 Å². The maximum atomic E-state index is 8.33. The summed E-state index contributed by atoms with van der Waals surface area (Å²) in [7, 11) is 0. The lowest BCUT2D eigenvalue weighted by atomic mass is 10.2. The van der Waals surface area contributed by atoms with Crippen LogP contribution in [0.1, 0.15) is 19.3 Å². The van der Waals surface area contributed by atoms with E-state index in [-0.39, 0.29) is 5.95 Å². The molecule has 3 N–H and O–H groups in total. The summed E-state index contributed by atoms with van der Waals surface area (Å²) in [6, 6.07) is 3.70. The largest absolute Gasteiger partial charge is 0.370 e. The molecule has 0 spiro atoms. The highest BCUT2D eigenvalue weighted by Gasteiger charge is 1.99. The zero-order valence-electron chi connectivity index (χ0n) is 8.20. The van der Waals surface area contributed by atoms with Crippen LogP contribution in [0.2, 0.25) is 5.15 Å². The van der Waals surface area contributed by atoms with Gasteiger partial charge in [0.05, 0.1) is 6.07 Å². The third kappa shape index (κ3) is 4.47. The van der Waals surface area contributed by atoms with Gasteiger partial charge in [-0.15, -0.1) is 0 Å². The van der Waals surface area contributed by atoms with Crippen LogP contribution in [0.4, 0.5) is 11.8 Å². The van der Waals surface area contributed by atoms with Gasteiger partial charge in [0.25, 0.3) is 0 Å². The first-order chi connectivity index (χ1) is 7.22. The summed E-state index contributed by atoms with van der Waals surface area (Å²) in [4.78, 5) is 7.70. The summed E-state index contributed by atoms with van der Waals surface area (Å²) in [6.07, 6.45) is 2.36. The monoisotopic (exact) mass is 225 g/mol. The van der Waals surface area contributed by atoms with Gasteiger partial charge in [-0.2, -0.15) is 10.2 Å². The lowest BCUT2D eigenvalue weighted by Crippen LogP contribution is -2.05. The molecule has 80 valence electrons. The molecule has 15 heavy (non-hydrogen) atoms. The molecule has 0 aromatic carbocycles.